The molecule has 15 atom stereocenters. The fourth-order valence-electron chi connectivity index (χ4n) is 16.2. The van der Waals surface area contributed by atoms with Crippen molar-refractivity contribution in [3.05, 3.63) is 23.3 Å². The summed E-state index contributed by atoms with van der Waals surface area (Å²) >= 11 is 0. The van der Waals surface area contributed by atoms with Crippen LogP contribution in [-0.4, -0.2) is 77.4 Å². The Labute approximate surface area is 325 Å². The number of aliphatic hydroxyl groups is 3. The van der Waals surface area contributed by atoms with Crippen LogP contribution >= 0.6 is 0 Å². The molecule has 0 aromatic heterocycles. The average molecular weight is 752 g/mol. The van der Waals surface area contributed by atoms with E-state index in [1.165, 1.54) is 17.6 Å². The first-order valence-electron chi connectivity index (χ1n) is 22.4. The van der Waals surface area contributed by atoms with Crippen molar-refractivity contribution in [3.63, 3.8) is 0 Å². The van der Waals surface area contributed by atoms with E-state index in [9.17, 15) is 20.1 Å². The van der Waals surface area contributed by atoms with Gasteiger partial charge in [0.25, 0.3) is 0 Å². The van der Waals surface area contributed by atoms with Crippen LogP contribution < -0.4 is 0 Å². The van der Waals surface area contributed by atoms with Crippen LogP contribution in [0.4, 0.5) is 0 Å². The van der Waals surface area contributed by atoms with Gasteiger partial charge in [0.15, 0.2) is 11.6 Å². The number of hydrogen-bond donors (Lipinski definition) is 3. The molecule has 0 bridgehead atoms. The van der Waals surface area contributed by atoms with Gasteiger partial charge in [-0.15, -0.1) is 0 Å². The number of carbonyl (C=O) groups excluding carboxylic acids is 1. The number of ketones is 1. The minimum absolute atomic E-state index is 0.0206. The monoisotopic (exact) mass is 752 g/mol. The number of hydrogen-bond acceptors (Lipinski definition) is 8. The molecule has 8 nitrogen and oxygen atoms in total. The maximum Gasteiger partial charge on any atom is 0.169 e. The van der Waals surface area contributed by atoms with Gasteiger partial charge in [-0.05, 0) is 149 Å². The fourth-order valence-corrected chi connectivity index (χ4v) is 16.2. The molecule has 10 rings (SSSR count). The van der Waals surface area contributed by atoms with Crippen molar-refractivity contribution in [1.82, 2.24) is 0 Å². The standard InChI is InChI=1S/C23H36O4.C23H34O4/c2*1-21-9-8-15(24)12-14(21)4-5-16-17-6-7-19(23(3)26-10-11-27-23)22(17,2)13-18(25)20(16)21/h4,15-20,24-25H,5-13H2,1-3H3;4,15-17,19-20,24H,5-13H2,1-3H3/t15-,16-,17-,18-,19-,20+,21-,22-;15-,16-,17-,19-,20+,21-,22-/m00/s1/i18D;. The molecule has 0 spiro atoms. The summed E-state index contributed by atoms with van der Waals surface area (Å²) in [6, 6.07) is 0. The lowest BCUT2D eigenvalue weighted by atomic mass is 9.46. The predicted molar refractivity (Wildman–Crippen MR) is 205 cm³/mol. The van der Waals surface area contributed by atoms with E-state index >= 15 is 0 Å². The van der Waals surface area contributed by atoms with E-state index in [-0.39, 0.29) is 51.6 Å². The zero-order valence-electron chi connectivity index (χ0n) is 35.0. The predicted octanol–water partition coefficient (Wildman–Crippen LogP) is 7.53. The Morgan fingerprint density at radius 1 is 0.648 bits per heavy atom. The van der Waals surface area contributed by atoms with E-state index < -0.39 is 17.7 Å². The molecule has 2 aliphatic heterocycles. The van der Waals surface area contributed by atoms with Crippen molar-refractivity contribution in [2.45, 2.75) is 161 Å². The molecule has 0 unspecified atom stereocenters. The molecule has 54 heavy (non-hydrogen) atoms. The number of carbonyl (C=O) groups is 1. The maximum absolute atomic E-state index is 13.6. The number of fused-ring (bicyclic) bond motifs is 10. The highest BCUT2D eigenvalue weighted by Gasteiger charge is 2.67. The lowest BCUT2D eigenvalue weighted by Crippen LogP contribution is -2.58. The maximum atomic E-state index is 13.6. The van der Waals surface area contributed by atoms with Crippen LogP contribution in [0.5, 0.6) is 0 Å². The Morgan fingerprint density at radius 3 is 1.70 bits per heavy atom. The molecule has 0 amide bonds. The molecule has 8 fully saturated rings. The Hall–Kier alpha value is -1.13. The first-order valence-corrected chi connectivity index (χ1v) is 21.9. The van der Waals surface area contributed by atoms with Gasteiger partial charge in [-0.3, -0.25) is 4.79 Å². The van der Waals surface area contributed by atoms with Crippen LogP contribution in [0.15, 0.2) is 23.3 Å². The highest BCUT2D eigenvalue weighted by atomic mass is 16.7. The molecule has 0 radical (unpaired) electrons. The van der Waals surface area contributed by atoms with Gasteiger partial charge < -0.3 is 34.3 Å². The van der Waals surface area contributed by atoms with Crippen LogP contribution in [0.2, 0.25) is 0 Å². The highest BCUT2D eigenvalue weighted by Crippen LogP contribution is 2.69. The largest absolute Gasteiger partial charge is 0.393 e. The molecule has 0 aromatic carbocycles. The van der Waals surface area contributed by atoms with Crippen LogP contribution in [0.25, 0.3) is 0 Å². The number of aliphatic hydroxyl groups excluding tert-OH is 2. The molecule has 0 aromatic rings. The fraction of sp³-hybridized carbons (Fsp3) is 0.891. The quantitative estimate of drug-likeness (QED) is 0.248. The zero-order valence-corrected chi connectivity index (χ0v) is 34.0. The van der Waals surface area contributed by atoms with Gasteiger partial charge in [0.1, 0.15) is 5.78 Å². The lowest BCUT2D eigenvalue weighted by molar-refractivity contribution is -0.223. The van der Waals surface area contributed by atoms with Crippen LogP contribution in [0.1, 0.15) is 133 Å². The minimum atomic E-state index is -1.45. The molecular formula is C46H70O8. The third-order valence-corrected chi connectivity index (χ3v) is 18.5. The van der Waals surface area contributed by atoms with Crippen LogP contribution in [0.3, 0.4) is 0 Å². The Morgan fingerprint density at radius 2 is 1.13 bits per heavy atom. The summed E-state index contributed by atoms with van der Waals surface area (Å²) in [5, 5.41) is 31.9. The van der Waals surface area contributed by atoms with Gasteiger partial charge in [0, 0.05) is 24.2 Å². The van der Waals surface area contributed by atoms with E-state index in [0.717, 1.165) is 64.2 Å². The molecule has 8 heteroatoms. The summed E-state index contributed by atoms with van der Waals surface area (Å²) in [6.07, 6.45) is 15.2. The van der Waals surface area contributed by atoms with Crippen molar-refractivity contribution < 1.29 is 40.4 Å². The lowest BCUT2D eigenvalue weighted by Gasteiger charge is -2.60. The zero-order chi connectivity index (χ0) is 39.0. The van der Waals surface area contributed by atoms with Gasteiger partial charge >= 0.3 is 0 Å². The van der Waals surface area contributed by atoms with Gasteiger partial charge in [-0.2, -0.15) is 0 Å². The van der Waals surface area contributed by atoms with Crippen molar-refractivity contribution in [2.75, 3.05) is 26.4 Å². The molecule has 3 N–H and O–H groups in total. The summed E-state index contributed by atoms with van der Waals surface area (Å²) in [4.78, 5) is 13.6. The first-order chi connectivity index (χ1) is 25.9. The highest BCUT2D eigenvalue weighted by molar-refractivity contribution is 5.85. The topological polar surface area (TPSA) is 115 Å². The summed E-state index contributed by atoms with van der Waals surface area (Å²) in [5.74, 6) is 1.77. The molecule has 2 saturated heterocycles. The van der Waals surface area contributed by atoms with Gasteiger partial charge in [0.2, 0.25) is 0 Å². The smallest absolute Gasteiger partial charge is 0.169 e. The number of Topliss-reactive ketones (excluding diaryl/α,β-unsaturated/α-hetero) is 1. The summed E-state index contributed by atoms with van der Waals surface area (Å²) < 4.78 is 33.4. The summed E-state index contributed by atoms with van der Waals surface area (Å²) in [6.45, 7) is 15.9. The van der Waals surface area contributed by atoms with Crippen molar-refractivity contribution in [2.24, 2.45) is 69.0 Å². The Balaban J connectivity index is 0.000000144. The van der Waals surface area contributed by atoms with E-state index in [1.54, 1.807) is 0 Å². The summed E-state index contributed by atoms with van der Waals surface area (Å²) in [7, 11) is 0. The van der Waals surface area contributed by atoms with Gasteiger partial charge in [0.05, 0.1) is 46.1 Å². The van der Waals surface area contributed by atoms with Crippen molar-refractivity contribution in [3.8, 4) is 0 Å². The van der Waals surface area contributed by atoms with E-state index in [0.29, 0.717) is 81.1 Å². The SMILES string of the molecule is CC1([C@H]2CC[C@H]3[C@@H]4CC=C5C[C@@H](O)CC[C@]5(C)[C@H]4C(=O)C[C@]23C)OCCO1.[2H][C@]1(O)C[C@]2(C)[C@@H](C3(C)OCCO3)CC[C@H]2[C@@H]2CC=C3C[C@@H](O)CC[C@]3(C)[C@H]21. The second-order valence-electron chi connectivity index (χ2n) is 21.1. The van der Waals surface area contributed by atoms with Crippen molar-refractivity contribution >= 4 is 5.78 Å². The molecular weight excluding hydrogens is 680 g/mol. The third kappa shape index (κ3) is 5.56. The van der Waals surface area contributed by atoms with Crippen molar-refractivity contribution in [1.29, 1.82) is 0 Å². The number of rotatable bonds is 2. The molecule has 2 heterocycles. The normalized spacial score (nSPS) is 54.3. The summed E-state index contributed by atoms with van der Waals surface area (Å²) in [5.41, 5.74) is 2.26. The van der Waals surface area contributed by atoms with Crippen LogP contribution in [-0.2, 0) is 23.7 Å². The molecule has 302 valence electrons. The second kappa shape index (κ2) is 13.2. The first kappa shape index (κ1) is 37.2. The molecule has 8 aliphatic carbocycles. The van der Waals surface area contributed by atoms with E-state index in [4.69, 9.17) is 20.3 Å². The van der Waals surface area contributed by atoms with Crippen LogP contribution in [0, 0.1) is 69.0 Å². The molecule has 10 aliphatic rings. The second-order valence-corrected chi connectivity index (χ2v) is 21.1. The minimum Gasteiger partial charge on any atom is -0.393 e. The van der Waals surface area contributed by atoms with E-state index in [1.807, 2.05) is 0 Å². The number of ether oxygens (including phenoxy) is 4. The average Bonchev–Trinajstić information content (AvgIpc) is 3.90. The van der Waals surface area contributed by atoms with Gasteiger partial charge in [-0.25, -0.2) is 0 Å². The van der Waals surface area contributed by atoms with Gasteiger partial charge in [-0.1, -0.05) is 51.0 Å². The third-order valence-electron chi connectivity index (χ3n) is 18.5. The Kier molecular flexibility index (Phi) is 9.08. The van der Waals surface area contributed by atoms with E-state index in [2.05, 4.69) is 53.7 Å². The molecule has 6 saturated carbocycles. The Bertz CT molecular complexity index is 1590. The number of allylic oxidation sites excluding steroid dienone is 2.